The molecule has 2 N–H and O–H groups in total. The molecule has 1 aromatic heterocycles. The van der Waals surface area contributed by atoms with Crippen molar-refractivity contribution in [1.82, 2.24) is 4.98 Å². The smallest absolute Gasteiger partial charge is 0.146 e. The zero-order valence-electron chi connectivity index (χ0n) is 11.6. The lowest BCUT2D eigenvalue weighted by molar-refractivity contribution is 0.754. The van der Waals surface area contributed by atoms with Gasteiger partial charge in [-0.15, -0.1) is 0 Å². The first-order valence-electron chi connectivity index (χ1n) is 6.69. The minimum atomic E-state index is 0.593. The molecule has 0 bridgehead atoms. The summed E-state index contributed by atoms with van der Waals surface area (Å²) in [6, 6.07) is 13.6. The minimum absolute atomic E-state index is 0.593. The molecule has 20 heavy (non-hydrogen) atoms. The van der Waals surface area contributed by atoms with Crippen LogP contribution in [0, 0.1) is 11.3 Å². The second-order valence-corrected chi connectivity index (χ2v) is 4.61. The summed E-state index contributed by atoms with van der Waals surface area (Å²) in [5.74, 6) is 0.722. The van der Waals surface area contributed by atoms with E-state index < -0.39 is 0 Å². The van der Waals surface area contributed by atoms with Gasteiger partial charge in [0.1, 0.15) is 11.9 Å². The maximum Gasteiger partial charge on any atom is 0.146 e. The lowest BCUT2D eigenvalue weighted by Crippen LogP contribution is -2.25. The van der Waals surface area contributed by atoms with Crippen molar-refractivity contribution in [3.8, 4) is 6.07 Å². The van der Waals surface area contributed by atoms with Gasteiger partial charge >= 0.3 is 0 Å². The molecule has 4 nitrogen and oxygen atoms in total. The number of nitriles is 1. The maximum absolute atomic E-state index is 9.21. The molecule has 1 aromatic carbocycles. The van der Waals surface area contributed by atoms with Crippen LogP contribution in [0.5, 0.6) is 0 Å². The second-order valence-electron chi connectivity index (χ2n) is 4.61. The molecule has 0 saturated carbocycles. The van der Waals surface area contributed by atoms with Crippen molar-refractivity contribution < 1.29 is 0 Å². The topological polar surface area (TPSA) is 65.9 Å². The van der Waals surface area contributed by atoms with E-state index in [0.29, 0.717) is 12.1 Å². The fraction of sp³-hybridized carbons (Fsp3) is 0.250. The SMILES string of the molecule is CCCN(Cc1ccccc1N)c1ncccc1C#N. The van der Waals surface area contributed by atoms with Crippen LogP contribution < -0.4 is 10.6 Å². The number of nitrogen functional groups attached to an aromatic ring is 1. The van der Waals surface area contributed by atoms with Crippen LogP contribution in [0.2, 0.25) is 0 Å². The average Bonchev–Trinajstić information content (AvgIpc) is 2.49. The second kappa shape index (κ2) is 6.58. The monoisotopic (exact) mass is 266 g/mol. The predicted octanol–water partition coefficient (Wildman–Crippen LogP) is 2.95. The Bertz CT molecular complexity index is 616. The van der Waals surface area contributed by atoms with Crippen LogP contribution in [0.4, 0.5) is 11.5 Å². The van der Waals surface area contributed by atoms with Crippen molar-refractivity contribution in [3.05, 3.63) is 53.7 Å². The largest absolute Gasteiger partial charge is 0.398 e. The third-order valence-corrected chi connectivity index (χ3v) is 3.12. The van der Waals surface area contributed by atoms with E-state index >= 15 is 0 Å². The number of aromatic nitrogens is 1. The van der Waals surface area contributed by atoms with Crippen LogP contribution in [0.25, 0.3) is 0 Å². The normalized spacial score (nSPS) is 10.0. The van der Waals surface area contributed by atoms with Gasteiger partial charge < -0.3 is 10.6 Å². The van der Waals surface area contributed by atoms with Crippen molar-refractivity contribution >= 4 is 11.5 Å². The van der Waals surface area contributed by atoms with E-state index in [9.17, 15) is 5.26 Å². The Hall–Kier alpha value is -2.54. The number of nitrogens with zero attached hydrogens (tertiary/aromatic N) is 3. The van der Waals surface area contributed by atoms with Crippen molar-refractivity contribution in [2.75, 3.05) is 17.2 Å². The van der Waals surface area contributed by atoms with Crippen LogP contribution in [-0.2, 0) is 6.54 Å². The lowest BCUT2D eigenvalue weighted by atomic mass is 10.1. The fourth-order valence-electron chi connectivity index (χ4n) is 2.15. The number of para-hydroxylation sites is 1. The highest BCUT2D eigenvalue weighted by molar-refractivity contribution is 5.55. The maximum atomic E-state index is 9.21. The molecule has 2 aromatic rings. The quantitative estimate of drug-likeness (QED) is 0.845. The molecule has 0 atom stereocenters. The van der Waals surface area contributed by atoms with Gasteiger partial charge in [-0.05, 0) is 30.2 Å². The van der Waals surface area contributed by atoms with E-state index in [1.54, 1.807) is 18.3 Å². The Morgan fingerprint density at radius 3 is 2.75 bits per heavy atom. The molecule has 0 aliphatic heterocycles. The fourth-order valence-corrected chi connectivity index (χ4v) is 2.15. The van der Waals surface area contributed by atoms with Gasteiger partial charge in [-0.3, -0.25) is 0 Å². The molecule has 0 unspecified atom stereocenters. The Labute approximate surface area is 119 Å². The van der Waals surface area contributed by atoms with Crippen LogP contribution in [0.15, 0.2) is 42.6 Å². The molecule has 0 spiro atoms. The van der Waals surface area contributed by atoms with Gasteiger partial charge in [0, 0.05) is 25.0 Å². The molecule has 0 aliphatic carbocycles. The third-order valence-electron chi connectivity index (χ3n) is 3.12. The summed E-state index contributed by atoms with van der Waals surface area (Å²) in [4.78, 5) is 6.46. The first-order valence-corrected chi connectivity index (χ1v) is 6.69. The number of nitrogens with two attached hydrogens (primary N) is 1. The average molecular weight is 266 g/mol. The molecule has 0 radical (unpaired) electrons. The Kier molecular flexibility index (Phi) is 4.56. The molecule has 0 fully saturated rings. The Morgan fingerprint density at radius 2 is 2.05 bits per heavy atom. The standard InChI is InChI=1S/C16H18N4/c1-2-10-20(12-14-6-3-4-8-15(14)18)16-13(11-17)7-5-9-19-16/h3-9H,2,10,12,18H2,1H3. The summed E-state index contributed by atoms with van der Waals surface area (Å²) in [7, 11) is 0. The third kappa shape index (κ3) is 3.07. The van der Waals surface area contributed by atoms with Crippen molar-refractivity contribution in [2.24, 2.45) is 0 Å². The van der Waals surface area contributed by atoms with Crippen LogP contribution in [-0.4, -0.2) is 11.5 Å². The summed E-state index contributed by atoms with van der Waals surface area (Å²) in [6.45, 7) is 3.60. The summed E-state index contributed by atoms with van der Waals surface area (Å²) in [6.07, 6.45) is 2.70. The van der Waals surface area contributed by atoms with E-state index in [1.807, 2.05) is 24.3 Å². The molecular formula is C16H18N4. The molecule has 1 heterocycles. The molecule has 4 heteroatoms. The van der Waals surface area contributed by atoms with Crippen molar-refractivity contribution in [3.63, 3.8) is 0 Å². The minimum Gasteiger partial charge on any atom is -0.398 e. The zero-order chi connectivity index (χ0) is 14.4. The predicted molar refractivity (Wildman–Crippen MR) is 81.1 cm³/mol. The van der Waals surface area contributed by atoms with Gasteiger partial charge in [0.25, 0.3) is 0 Å². The van der Waals surface area contributed by atoms with E-state index in [2.05, 4.69) is 22.9 Å². The lowest BCUT2D eigenvalue weighted by Gasteiger charge is -2.24. The van der Waals surface area contributed by atoms with Gasteiger partial charge in [-0.2, -0.15) is 5.26 Å². The Balaban J connectivity index is 2.32. The number of anilines is 2. The highest BCUT2D eigenvalue weighted by atomic mass is 15.2. The first kappa shape index (κ1) is 13.9. The van der Waals surface area contributed by atoms with E-state index in [0.717, 1.165) is 30.0 Å². The first-order chi connectivity index (χ1) is 9.76. The van der Waals surface area contributed by atoms with Gasteiger partial charge in [-0.25, -0.2) is 4.98 Å². The van der Waals surface area contributed by atoms with Crippen molar-refractivity contribution in [2.45, 2.75) is 19.9 Å². The molecule has 0 aliphatic rings. The number of pyridine rings is 1. The Morgan fingerprint density at radius 1 is 1.25 bits per heavy atom. The number of hydrogen-bond acceptors (Lipinski definition) is 4. The van der Waals surface area contributed by atoms with Gasteiger partial charge in [0.05, 0.1) is 5.56 Å². The molecule has 102 valence electrons. The summed E-state index contributed by atoms with van der Waals surface area (Å²) < 4.78 is 0. The van der Waals surface area contributed by atoms with E-state index in [1.165, 1.54) is 0 Å². The molecule has 2 rings (SSSR count). The number of rotatable bonds is 5. The molecule has 0 amide bonds. The summed E-state index contributed by atoms with van der Waals surface area (Å²) in [5.41, 5.74) is 8.41. The van der Waals surface area contributed by atoms with Crippen LogP contribution >= 0.6 is 0 Å². The summed E-state index contributed by atoms with van der Waals surface area (Å²) in [5, 5.41) is 9.21. The van der Waals surface area contributed by atoms with Gasteiger partial charge in [0.2, 0.25) is 0 Å². The number of benzene rings is 1. The molecule has 0 saturated heterocycles. The van der Waals surface area contributed by atoms with Gasteiger partial charge in [0.15, 0.2) is 0 Å². The molecular weight excluding hydrogens is 248 g/mol. The highest BCUT2D eigenvalue weighted by Gasteiger charge is 2.13. The van der Waals surface area contributed by atoms with Crippen LogP contribution in [0.1, 0.15) is 24.5 Å². The zero-order valence-corrected chi connectivity index (χ0v) is 11.6. The van der Waals surface area contributed by atoms with E-state index in [-0.39, 0.29) is 0 Å². The summed E-state index contributed by atoms with van der Waals surface area (Å²) >= 11 is 0. The van der Waals surface area contributed by atoms with Gasteiger partial charge in [-0.1, -0.05) is 25.1 Å². The highest BCUT2D eigenvalue weighted by Crippen LogP contribution is 2.21. The van der Waals surface area contributed by atoms with Crippen molar-refractivity contribution in [1.29, 1.82) is 5.26 Å². The number of hydrogen-bond donors (Lipinski definition) is 1. The van der Waals surface area contributed by atoms with E-state index in [4.69, 9.17) is 5.73 Å². The van der Waals surface area contributed by atoms with Crippen LogP contribution in [0.3, 0.4) is 0 Å².